The van der Waals surface area contributed by atoms with Crippen LogP contribution in [0.1, 0.15) is 19.3 Å². The summed E-state index contributed by atoms with van der Waals surface area (Å²) in [4.78, 5) is 0. The van der Waals surface area contributed by atoms with Gasteiger partial charge in [0.25, 0.3) is 0 Å². The average molecular weight is 144 g/mol. The molecule has 0 fully saturated rings. The Morgan fingerprint density at radius 3 is 3.09 bits per heavy atom. The first-order valence-electron chi connectivity index (χ1n) is 4.13. The maximum atomic E-state index is 3.80. The third-order valence-corrected chi connectivity index (χ3v) is 2.33. The predicted molar refractivity (Wildman–Crippen MR) is 48.3 cm³/mol. The van der Waals surface area contributed by atoms with Gasteiger partial charge in [-0.05, 0) is 36.0 Å². The molecule has 0 aliphatic heterocycles. The Kier molecular flexibility index (Phi) is 1.54. The highest BCUT2D eigenvalue weighted by molar-refractivity contribution is 5.49. The monoisotopic (exact) mass is 144 g/mol. The summed E-state index contributed by atoms with van der Waals surface area (Å²) >= 11 is 0. The maximum Gasteiger partial charge on any atom is -0.00914 e. The van der Waals surface area contributed by atoms with E-state index in [1.54, 1.807) is 0 Å². The molecule has 0 amide bonds. The summed E-state index contributed by atoms with van der Waals surface area (Å²) in [5.41, 5.74) is 4.31. The van der Waals surface area contributed by atoms with Crippen LogP contribution >= 0.6 is 0 Å². The lowest BCUT2D eigenvalue weighted by atomic mass is 9.87. The summed E-state index contributed by atoms with van der Waals surface area (Å²) in [5, 5.41) is 0. The van der Waals surface area contributed by atoms with Gasteiger partial charge < -0.3 is 0 Å². The van der Waals surface area contributed by atoms with Gasteiger partial charge in [-0.3, -0.25) is 0 Å². The van der Waals surface area contributed by atoms with Gasteiger partial charge in [-0.25, -0.2) is 0 Å². The van der Waals surface area contributed by atoms with Gasteiger partial charge in [-0.2, -0.15) is 0 Å². The SMILES string of the molecule is C=CC1=CCC2=CCCC1=C2. The molecule has 2 bridgehead atoms. The van der Waals surface area contributed by atoms with Gasteiger partial charge in [0.2, 0.25) is 0 Å². The molecule has 0 radical (unpaired) electrons. The highest BCUT2D eigenvalue weighted by Gasteiger charge is 2.11. The van der Waals surface area contributed by atoms with E-state index in [1.165, 1.54) is 29.6 Å². The maximum absolute atomic E-state index is 3.80. The molecule has 0 heterocycles. The van der Waals surface area contributed by atoms with E-state index in [-0.39, 0.29) is 0 Å². The van der Waals surface area contributed by atoms with Crippen LogP contribution in [-0.4, -0.2) is 0 Å². The lowest BCUT2D eigenvalue weighted by molar-refractivity contribution is 0.929. The Labute approximate surface area is 67.6 Å². The van der Waals surface area contributed by atoms with Crippen LogP contribution in [0.15, 0.2) is 47.6 Å². The molecule has 0 atom stereocenters. The van der Waals surface area contributed by atoms with Crippen LogP contribution in [0.2, 0.25) is 0 Å². The van der Waals surface area contributed by atoms with Gasteiger partial charge in [0, 0.05) is 0 Å². The smallest absolute Gasteiger partial charge is 0.00914 e. The summed E-state index contributed by atoms with van der Waals surface area (Å²) in [5.74, 6) is 0. The predicted octanol–water partition coefficient (Wildman–Crippen LogP) is 3.15. The van der Waals surface area contributed by atoms with Gasteiger partial charge >= 0.3 is 0 Å². The first kappa shape index (κ1) is 6.66. The summed E-state index contributed by atoms with van der Waals surface area (Å²) in [7, 11) is 0. The van der Waals surface area contributed by atoms with Gasteiger partial charge in [0.15, 0.2) is 0 Å². The molecule has 0 nitrogen and oxygen atoms in total. The van der Waals surface area contributed by atoms with Crippen molar-refractivity contribution in [2.24, 2.45) is 0 Å². The topological polar surface area (TPSA) is 0 Å². The number of rotatable bonds is 1. The molecule has 11 heavy (non-hydrogen) atoms. The van der Waals surface area contributed by atoms with E-state index >= 15 is 0 Å². The standard InChI is InChI=1S/C11H12/c1-2-10-7-6-9-4-3-5-11(10)8-9/h2,4,7-8H,1,3,5-6H2. The molecule has 2 aliphatic rings. The normalized spacial score (nSPS) is 21.6. The van der Waals surface area contributed by atoms with Crippen molar-refractivity contribution in [2.75, 3.05) is 0 Å². The molecule has 0 spiro atoms. The van der Waals surface area contributed by atoms with Crippen molar-refractivity contribution in [3.63, 3.8) is 0 Å². The lowest BCUT2D eigenvalue weighted by Crippen LogP contribution is -1.99. The van der Waals surface area contributed by atoms with Crippen LogP contribution in [0, 0.1) is 0 Å². The van der Waals surface area contributed by atoms with E-state index in [0.29, 0.717) is 0 Å². The third-order valence-electron chi connectivity index (χ3n) is 2.33. The van der Waals surface area contributed by atoms with E-state index in [2.05, 4.69) is 24.8 Å². The van der Waals surface area contributed by atoms with Crippen LogP contribution < -0.4 is 0 Å². The fraction of sp³-hybridized carbons (Fsp3) is 0.273. The molecule has 0 aromatic rings. The summed E-state index contributed by atoms with van der Waals surface area (Å²) in [6.07, 6.45) is 12.4. The Balaban J connectivity index is 2.37. The van der Waals surface area contributed by atoms with Crippen molar-refractivity contribution in [1.29, 1.82) is 0 Å². The van der Waals surface area contributed by atoms with Crippen LogP contribution in [-0.2, 0) is 0 Å². The van der Waals surface area contributed by atoms with E-state index in [9.17, 15) is 0 Å². The van der Waals surface area contributed by atoms with E-state index in [0.717, 1.165) is 6.42 Å². The largest absolute Gasteiger partial charge is 0.0985 e. The molecule has 0 saturated carbocycles. The molecule has 56 valence electrons. The molecule has 0 heteroatoms. The highest BCUT2D eigenvalue weighted by atomic mass is 14.2. The summed E-state index contributed by atoms with van der Waals surface area (Å²) in [6, 6.07) is 0. The van der Waals surface area contributed by atoms with Crippen LogP contribution in [0.5, 0.6) is 0 Å². The Hall–Kier alpha value is -1.04. The molecule has 0 saturated heterocycles. The van der Waals surface area contributed by atoms with Crippen LogP contribution in [0.4, 0.5) is 0 Å². The zero-order valence-electron chi connectivity index (χ0n) is 6.64. The Morgan fingerprint density at radius 1 is 1.36 bits per heavy atom. The Bertz CT molecular complexity index is 274. The van der Waals surface area contributed by atoms with Crippen molar-refractivity contribution < 1.29 is 0 Å². The Morgan fingerprint density at radius 2 is 2.27 bits per heavy atom. The molecular weight excluding hydrogens is 132 g/mol. The second-order valence-corrected chi connectivity index (χ2v) is 3.06. The van der Waals surface area contributed by atoms with Crippen molar-refractivity contribution >= 4 is 0 Å². The minimum Gasteiger partial charge on any atom is -0.0985 e. The molecule has 0 N–H and O–H groups in total. The average Bonchev–Trinajstić information content (AvgIpc) is 2.06. The van der Waals surface area contributed by atoms with E-state index in [1.807, 2.05) is 6.08 Å². The lowest BCUT2D eigenvalue weighted by Gasteiger charge is -2.18. The van der Waals surface area contributed by atoms with Crippen molar-refractivity contribution in [1.82, 2.24) is 0 Å². The molecular formula is C11H12. The van der Waals surface area contributed by atoms with E-state index < -0.39 is 0 Å². The molecule has 2 rings (SSSR count). The van der Waals surface area contributed by atoms with Gasteiger partial charge in [0.1, 0.15) is 0 Å². The number of allylic oxidation sites excluding steroid dienone is 7. The first-order chi connectivity index (χ1) is 5.40. The number of hydrogen-bond donors (Lipinski definition) is 0. The highest BCUT2D eigenvalue weighted by Crippen LogP contribution is 2.30. The zero-order chi connectivity index (χ0) is 7.68. The minimum atomic E-state index is 1.10. The molecule has 0 aromatic heterocycles. The minimum absolute atomic E-state index is 1.10. The molecule has 0 aromatic carbocycles. The quantitative estimate of drug-likeness (QED) is 0.530. The van der Waals surface area contributed by atoms with Crippen molar-refractivity contribution in [3.8, 4) is 0 Å². The van der Waals surface area contributed by atoms with E-state index in [4.69, 9.17) is 0 Å². The van der Waals surface area contributed by atoms with Crippen molar-refractivity contribution in [2.45, 2.75) is 19.3 Å². The molecule has 0 unspecified atom stereocenters. The zero-order valence-corrected chi connectivity index (χ0v) is 6.64. The fourth-order valence-corrected chi connectivity index (χ4v) is 1.71. The van der Waals surface area contributed by atoms with Crippen molar-refractivity contribution in [3.05, 3.63) is 47.6 Å². The van der Waals surface area contributed by atoms with Gasteiger partial charge in [0.05, 0.1) is 0 Å². The van der Waals surface area contributed by atoms with Gasteiger partial charge in [-0.15, -0.1) is 0 Å². The van der Waals surface area contributed by atoms with Crippen LogP contribution in [0.3, 0.4) is 0 Å². The van der Waals surface area contributed by atoms with Crippen LogP contribution in [0.25, 0.3) is 0 Å². The summed E-state index contributed by atoms with van der Waals surface area (Å²) in [6.45, 7) is 3.80. The number of hydrogen-bond acceptors (Lipinski definition) is 0. The molecule has 2 aliphatic carbocycles. The number of fused-ring (bicyclic) bond motifs is 1. The summed E-state index contributed by atoms with van der Waals surface area (Å²) < 4.78 is 0. The fourth-order valence-electron chi connectivity index (χ4n) is 1.71. The second kappa shape index (κ2) is 2.54. The second-order valence-electron chi connectivity index (χ2n) is 3.06. The first-order valence-corrected chi connectivity index (χ1v) is 4.13. The third kappa shape index (κ3) is 1.09. The van der Waals surface area contributed by atoms with Gasteiger partial charge in [-0.1, -0.05) is 30.9 Å².